The second kappa shape index (κ2) is 4.80. The quantitative estimate of drug-likeness (QED) is 0.901. The Morgan fingerprint density at radius 2 is 2.17 bits per heavy atom. The highest BCUT2D eigenvalue weighted by atomic mass is 16.4. The third kappa shape index (κ3) is 2.53. The molecule has 0 saturated heterocycles. The molecule has 18 heavy (non-hydrogen) atoms. The molecule has 1 aromatic heterocycles. The van der Waals surface area contributed by atoms with Crippen LogP contribution in [0.4, 0.5) is 0 Å². The number of carboxylic acids is 1. The van der Waals surface area contributed by atoms with Gasteiger partial charge in [0.1, 0.15) is 5.82 Å². The predicted molar refractivity (Wildman–Crippen MR) is 70.6 cm³/mol. The fourth-order valence-corrected chi connectivity index (χ4v) is 2.12. The Morgan fingerprint density at radius 1 is 1.44 bits per heavy atom. The summed E-state index contributed by atoms with van der Waals surface area (Å²) in [5, 5.41) is 8.81. The van der Waals surface area contributed by atoms with Crippen molar-refractivity contribution in [2.45, 2.75) is 26.7 Å². The highest BCUT2D eigenvalue weighted by molar-refractivity contribution is 5.79. The summed E-state index contributed by atoms with van der Waals surface area (Å²) in [6, 6.07) is 5.65. The molecule has 0 bridgehead atoms. The lowest BCUT2D eigenvalue weighted by atomic mass is 10.1. The standard InChI is InChI=1S/C14H18N2O2/c1-9(2)6-13-15-11-5-4-10(8-14(17)18)7-12(11)16(13)3/h4-5,7,9H,6,8H2,1-3H3,(H,17,18). The second-order valence-electron chi connectivity index (χ2n) is 5.08. The SMILES string of the molecule is CC(C)Cc1nc2ccc(CC(=O)O)cc2n1C. The summed E-state index contributed by atoms with van der Waals surface area (Å²) in [7, 11) is 1.98. The second-order valence-corrected chi connectivity index (χ2v) is 5.08. The van der Waals surface area contributed by atoms with Gasteiger partial charge in [0.05, 0.1) is 17.5 Å². The van der Waals surface area contributed by atoms with Crippen molar-refractivity contribution in [3.05, 3.63) is 29.6 Å². The first-order chi connectivity index (χ1) is 8.47. The van der Waals surface area contributed by atoms with Crippen LogP contribution in [0.5, 0.6) is 0 Å². The molecule has 1 heterocycles. The molecule has 0 unspecified atom stereocenters. The monoisotopic (exact) mass is 246 g/mol. The van der Waals surface area contributed by atoms with E-state index < -0.39 is 5.97 Å². The van der Waals surface area contributed by atoms with Gasteiger partial charge in [0.25, 0.3) is 0 Å². The number of carbonyl (C=O) groups is 1. The number of carboxylic acid groups (broad SMARTS) is 1. The first-order valence-electron chi connectivity index (χ1n) is 6.13. The molecule has 0 aliphatic carbocycles. The van der Waals surface area contributed by atoms with Crippen molar-refractivity contribution in [1.29, 1.82) is 0 Å². The highest BCUT2D eigenvalue weighted by Crippen LogP contribution is 2.19. The number of nitrogens with zero attached hydrogens (tertiary/aromatic N) is 2. The van der Waals surface area contributed by atoms with Crippen molar-refractivity contribution in [1.82, 2.24) is 9.55 Å². The largest absolute Gasteiger partial charge is 0.481 e. The molecular formula is C14H18N2O2. The topological polar surface area (TPSA) is 55.1 Å². The number of hydrogen-bond donors (Lipinski definition) is 1. The van der Waals surface area contributed by atoms with E-state index in [2.05, 4.69) is 23.4 Å². The van der Waals surface area contributed by atoms with Gasteiger partial charge in [-0.15, -0.1) is 0 Å². The summed E-state index contributed by atoms with van der Waals surface area (Å²) >= 11 is 0. The van der Waals surface area contributed by atoms with Gasteiger partial charge < -0.3 is 9.67 Å². The third-order valence-electron chi connectivity index (χ3n) is 2.98. The minimum absolute atomic E-state index is 0.0562. The Balaban J connectivity index is 2.43. The lowest BCUT2D eigenvalue weighted by molar-refractivity contribution is -0.136. The van der Waals surface area contributed by atoms with Gasteiger partial charge in [-0.3, -0.25) is 4.79 Å². The molecule has 1 N–H and O–H groups in total. The van der Waals surface area contributed by atoms with Crippen LogP contribution in [-0.2, 0) is 24.7 Å². The van der Waals surface area contributed by atoms with E-state index in [0.717, 1.165) is 28.8 Å². The van der Waals surface area contributed by atoms with Gasteiger partial charge in [-0.1, -0.05) is 19.9 Å². The first kappa shape index (κ1) is 12.6. The molecule has 4 nitrogen and oxygen atoms in total. The van der Waals surface area contributed by atoms with Gasteiger partial charge in [0.15, 0.2) is 0 Å². The average Bonchev–Trinajstić information content (AvgIpc) is 2.55. The summed E-state index contributed by atoms with van der Waals surface area (Å²) < 4.78 is 2.06. The number of fused-ring (bicyclic) bond motifs is 1. The molecule has 0 aliphatic heterocycles. The average molecular weight is 246 g/mol. The number of aromatic nitrogens is 2. The summed E-state index contributed by atoms with van der Waals surface area (Å²) in [6.07, 6.45) is 0.986. The molecule has 96 valence electrons. The lowest BCUT2D eigenvalue weighted by Crippen LogP contribution is -2.03. The molecule has 0 spiro atoms. The minimum atomic E-state index is -0.807. The van der Waals surface area contributed by atoms with Gasteiger partial charge in [0.2, 0.25) is 0 Å². The number of imidazole rings is 1. The molecule has 0 radical (unpaired) electrons. The zero-order valence-electron chi connectivity index (χ0n) is 11.0. The summed E-state index contributed by atoms with van der Waals surface area (Å²) in [6.45, 7) is 4.32. The smallest absolute Gasteiger partial charge is 0.307 e. The van der Waals surface area contributed by atoms with E-state index in [1.54, 1.807) is 0 Å². The van der Waals surface area contributed by atoms with Crippen LogP contribution in [0, 0.1) is 5.92 Å². The fraction of sp³-hybridized carbons (Fsp3) is 0.429. The molecule has 0 saturated carbocycles. The number of benzene rings is 1. The molecule has 0 amide bonds. The summed E-state index contributed by atoms with van der Waals surface area (Å²) in [5.74, 6) is 0.797. The van der Waals surface area contributed by atoms with Crippen molar-refractivity contribution in [2.24, 2.45) is 13.0 Å². The van der Waals surface area contributed by atoms with Crippen molar-refractivity contribution >= 4 is 17.0 Å². The van der Waals surface area contributed by atoms with E-state index >= 15 is 0 Å². The maximum atomic E-state index is 10.7. The zero-order chi connectivity index (χ0) is 13.3. The van der Waals surface area contributed by atoms with E-state index in [9.17, 15) is 4.79 Å². The number of aliphatic carboxylic acids is 1. The number of hydrogen-bond acceptors (Lipinski definition) is 2. The maximum absolute atomic E-state index is 10.7. The molecule has 4 heteroatoms. The minimum Gasteiger partial charge on any atom is -0.481 e. The van der Waals surface area contributed by atoms with E-state index in [0.29, 0.717) is 5.92 Å². The van der Waals surface area contributed by atoms with Crippen molar-refractivity contribution in [2.75, 3.05) is 0 Å². The van der Waals surface area contributed by atoms with Gasteiger partial charge >= 0.3 is 5.97 Å². The normalized spacial score (nSPS) is 11.3. The molecular weight excluding hydrogens is 228 g/mol. The van der Waals surface area contributed by atoms with Crippen LogP contribution in [0.3, 0.4) is 0 Å². The van der Waals surface area contributed by atoms with Crippen LogP contribution in [0.2, 0.25) is 0 Å². The summed E-state index contributed by atoms with van der Waals surface area (Å²) in [5.41, 5.74) is 2.75. The lowest BCUT2D eigenvalue weighted by Gasteiger charge is -2.05. The van der Waals surface area contributed by atoms with E-state index in [4.69, 9.17) is 5.11 Å². The van der Waals surface area contributed by atoms with E-state index in [1.807, 2.05) is 25.2 Å². The third-order valence-corrected chi connectivity index (χ3v) is 2.98. The van der Waals surface area contributed by atoms with Gasteiger partial charge in [-0.05, 0) is 23.6 Å². The maximum Gasteiger partial charge on any atom is 0.307 e. The molecule has 2 aromatic rings. The van der Waals surface area contributed by atoms with Crippen molar-refractivity contribution in [3.8, 4) is 0 Å². The Bertz CT molecular complexity index is 585. The van der Waals surface area contributed by atoms with Gasteiger partial charge in [-0.25, -0.2) is 4.98 Å². The van der Waals surface area contributed by atoms with Crippen LogP contribution in [-0.4, -0.2) is 20.6 Å². The fourth-order valence-electron chi connectivity index (χ4n) is 2.12. The van der Waals surface area contributed by atoms with Crippen LogP contribution in [0.25, 0.3) is 11.0 Å². The van der Waals surface area contributed by atoms with Crippen LogP contribution < -0.4 is 0 Å². The Morgan fingerprint density at radius 3 is 2.78 bits per heavy atom. The van der Waals surface area contributed by atoms with E-state index in [1.165, 1.54) is 0 Å². The number of aryl methyl sites for hydroxylation is 1. The Kier molecular flexibility index (Phi) is 3.36. The molecule has 0 atom stereocenters. The van der Waals surface area contributed by atoms with Gasteiger partial charge in [-0.2, -0.15) is 0 Å². The molecule has 2 rings (SSSR count). The molecule has 0 aliphatic rings. The van der Waals surface area contributed by atoms with Crippen LogP contribution >= 0.6 is 0 Å². The Labute approximate surface area is 106 Å². The first-order valence-corrected chi connectivity index (χ1v) is 6.13. The number of rotatable bonds is 4. The van der Waals surface area contributed by atoms with Crippen molar-refractivity contribution < 1.29 is 9.90 Å². The molecule has 0 fully saturated rings. The van der Waals surface area contributed by atoms with Gasteiger partial charge in [0, 0.05) is 13.5 Å². The highest BCUT2D eigenvalue weighted by Gasteiger charge is 2.10. The van der Waals surface area contributed by atoms with Crippen molar-refractivity contribution in [3.63, 3.8) is 0 Å². The van der Waals surface area contributed by atoms with Crippen LogP contribution in [0.15, 0.2) is 18.2 Å². The summed E-state index contributed by atoms with van der Waals surface area (Å²) in [4.78, 5) is 15.3. The molecule has 1 aromatic carbocycles. The zero-order valence-corrected chi connectivity index (χ0v) is 11.0. The van der Waals surface area contributed by atoms with Crippen LogP contribution in [0.1, 0.15) is 25.2 Å². The van der Waals surface area contributed by atoms with E-state index in [-0.39, 0.29) is 6.42 Å². The predicted octanol–water partition coefficient (Wildman–Crippen LogP) is 2.40. The Hall–Kier alpha value is -1.84.